The Bertz CT molecular complexity index is 806. The van der Waals surface area contributed by atoms with Gasteiger partial charge in [0.05, 0.1) is 23.6 Å². The van der Waals surface area contributed by atoms with E-state index in [0.717, 1.165) is 12.8 Å². The SMILES string of the molecule is N#C[C@@H]1CCCN(C(=O)Nc2ccc3occc(=O)c3c2)C1. The number of nitrogens with zero attached hydrogens (tertiary/aromatic N) is 2. The molecule has 0 aliphatic carbocycles. The van der Waals surface area contributed by atoms with Gasteiger partial charge < -0.3 is 14.6 Å². The van der Waals surface area contributed by atoms with Crippen molar-refractivity contribution in [1.29, 1.82) is 5.26 Å². The average Bonchev–Trinajstić information content (AvgIpc) is 2.55. The van der Waals surface area contributed by atoms with Crippen molar-refractivity contribution in [1.82, 2.24) is 4.90 Å². The summed E-state index contributed by atoms with van der Waals surface area (Å²) >= 11 is 0. The van der Waals surface area contributed by atoms with Crippen molar-refractivity contribution in [3.8, 4) is 6.07 Å². The number of urea groups is 1. The van der Waals surface area contributed by atoms with E-state index in [0.29, 0.717) is 29.7 Å². The van der Waals surface area contributed by atoms with Gasteiger partial charge in [0.1, 0.15) is 5.58 Å². The summed E-state index contributed by atoms with van der Waals surface area (Å²) in [6, 6.07) is 8.25. The average molecular weight is 297 g/mol. The topological polar surface area (TPSA) is 86.3 Å². The number of piperidine rings is 1. The van der Waals surface area contributed by atoms with E-state index in [2.05, 4.69) is 11.4 Å². The molecule has 0 spiro atoms. The van der Waals surface area contributed by atoms with E-state index >= 15 is 0 Å². The van der Waals surface area contributed by atoms with E-state index in [9.17, 15) is 9.59 Å². The van der Waals surface area contributed by atoms with Gasteiger partial charge in [0, 0.05) is 24.8 Å². The van der Waals surface area contributed by atoms with Gasteiger partial charge in [-0.1, -0.05) is 0 Å². The Morgan fingerprint density at radius 2 is 2.27 bits per heavy atom. The summed E-state index contributed by atoms with van der Waals surface area (Å²) in [5, 5.41) is 12.2. The Labute approximate surface area is 126 Å². The van der Waals surface area contributed by atoms with Crippen LogP contribution in [0.2, 0.25) is 0 Å². The highest BCUT2D eigenvalue weighted by atomic mass is 16.3. The largest absolute Gasteiger partial charge is 0.464 e. The third kappa shape index (κ3) is 2.79. The molecule has 112 valence electrons. The first kappa shape index (κ1) is 14.1. The molecule has 0 unspecified atom stereocenters. The van der Waals surface area contributed by atoms with E-state index in [4.69, 9.17) is 9.68 Å². The number of nitrogens with one attached hydrogen (secondary N) is 1. The van der Waals surface area contributed by atoms with Gasteiger partial charge in [-0.15, -0.1) is 0 Å². The van der Waals surface area contributed by atoms with Crippen LogP contribution < -0.4 is 10.7 Å². The summed E-state index contributed by atoms with van der Waals surface area (Å²) in [7, 11) is 0. The van der Waals surface area contributed by atoms with Crippen molar-refractivity contribution < 1.29 is 9.21 Å². The van der Waals surface area contributed by atoms with Crippen LogP contribution in [0.25, 0.3) is 11.0 Å². The van der Waals surface area contributed by atoms with Crippen molar-refractivity contribution in [2.45, 2.75) is 12.8 Å². The number of benzene rings is 1. The minimum Gasteiger partial charge on any atom is -0.464 e. The van der Waals surface area contributed by atoms with Gasteiger partial charge in [0.15, 0.2) is 5.43 Å². The van der Waals surface area contributed by atoms with Crippen LogP contribution in [0.4, 0.5) is 10.5 Å². The van der Waals surface area contributed by atoms with Crippen molar-refractivity contribution in [2.75, 3.05) is 18.4 Å². The lowest BCUT2D eigenvalue weighted by molar-refractivity contribution is 0.189. The van der Waals surface area contributed by atoms with Crippen LogP contribution in [0.15, 0.2) is 39.7 Å². The molecule has 1 aliphatic heterocycles. The molecule has 1 fully saturated rings. The maximum atomic E-state index is 12.3. The highest BCUT2D eigenvalue weighted by Crippen LogP contribution is 2.19. The summed E-state index contributed by atoms with van der Waals surface area (Å²) in [5.41, 5.74) is 0.864. The lowest BCUT2D eigenvalue weighted by atomic mass is 10.0. The van der Waals surface area contributed by atoms with Gasteiger partial charge in [0.25, 0.3) is 0 Å². The smallest absolute Gasteiger partial charge is 0.321 e. The zero-order chi connectivity index (χ0) is 15.5. The summed E-state index contributed by atoms with van der Waals surface area (Å²) in [5.74, 6) is -0.108. The summed E-state index contributed by atoms with van der Waals surface area (Å²) < 4.78 is 5.24. The number of hydrogen-bond acceptors (Lipinski definition) is 4. The van der Waals surface area contributed by atoms with Crippen molar-refractivity contribution >= 4 is 22.7 Å². The quantitative estimate of drug-likeness (QED) is 0.876. The number of carbonyl (C=O) groups excluding carboxylic acids is 1. The lowest BCUT2D eigenvalue weighted by Gasteiger charge is -2.29. The number of amides is 2. The Morgan fingerprint density at radius 1 is 1.41 bits per heavy atom. The molecule has 6 heteroatoms. The van der Waals surface area contributed by atoms with Crippen LogP contribution in [0.5, 0.6) is 0 Å². The third-order valence-corrected chi connectivity index (χ3v) is 3.80. The Kier molecular flexibility index (Phi) is 3.79. The number of rotatable bonds is 1. The maximum absolute atomic E-state index is 12.3. The van der Waals surface area contributed by atoms with Crippen molar-refractivity contribution in [2.24, 2.45) is 5.92 Å². The first-order valence-corrected chi connectivity index (χ1v) is 7.14. The normalized spacial score (nSPS) is 18.0. The van der Waals surface area contributed by atoms with Gasteiger partial charge in [-0.25, -0.2) is 4.79 Å². The number of anilines is 1. The molecule has 22 heavy (non-hydrogen) atoms. The number of hydrogen-bond donors (Lipinski definition) is 1. The number of fused-ring (bicyclic) bond motifs is 1. The molecule has 0 saturated carbocycles. The van der Waals surface area contributed by atoms with E-state index in [-0.39, 0.29) is 17.4 Å². The summed E-state index contributed by atoms with van der Waals surface area (Å²) in [6.45, 7) is 1.08. The second-order valence-corrected chi connectivity index (χ2v) is 5.34. The Hall–Kier alpha value is -2.81. The molecule has 2 heterocycles. The van der Waals surface area contributed by atoms with Gasteiger partial charge >= 0.3 is 6.03 Å². The molecular formula is C16H15N3O3. The summed E-state index contributed by atoms with van der Waals surface area (Å²) in [6.07, 6.45) is 3.00. The second-order valence-electron chi connectivity index (χ2n) is 5.34. The predicted molar refractivity (Wildman–Crippen MR) is 81.4 cm³/mol. The molecule has 2 amide bonds. The molecule has 1 atom stereocenters. The van der Waals surface area contributed by atoms with Crippen molar-refractivity contribution in [3.05, 3.63) is 40.8 Å². The van der Waals surface area contributed by atoms with Crippen molar-refractivity contribution in [3.63, 3.8) is 0 Å². The fraction of sp³-hybridized carbons (Fsp3) is 0.312. The molecule has 1 N–H and O–H groups in total. The van der Waals surface area contributed by atoms with Gasteiger partial charge in [-0.2, -0.15) is 5.26 Å². The molecule has 1 aliphatic rings. The number of carbonyl (C=O) groups is 1. The van der Waals surface area contributed by atoms with Crippen LogP contribution in [-0.4, -0.2) is 24.0 Å². The molecule has 0 bridgehead atoms. The highest BCUT2D eigenvalue weighted by Gasteiger charge is 2.23. The zero-order valence-corrected chi connectivity index (χ0v) is 11.9. The number of likely N-dealkylation sites (tertiary alicyclic amines) is 1. The van der Waals surface area contributed by atoms with Gasteiger partial charge in [-0.3, -0.25) is 4.79 Å². The van der Waals surface area contributed by atoms with Crippen LogP contribution in [0, 0.1) is 17.2 Å². The minimum atomic E-state index is -0.250. The lowest BCUT2D eigenvalue weighted by Crippen LogP contribution is -2.42. The monoisotopic (exact) mass is 297 g/mol. The molecule has 3 rings (SSSR count). The van der Waals surface area contributed by atoms with E-state index in [1.54, 1.807) is 23.1 Å². The molecule has 1 aromatic heterocycles. The maximum Gasteiger partial charge on any atom is 0.321 e. The first-order chi connectivity index (χ1) is 10.7. The molecule has 2 aromatic rings. The van der Waals surface area contributed by atoms with E-state index in [1.165, 1.54) is 12.3 Å². The van der Waals surface area contributed by atoms with Gasteiger partial charge in [-0.05, 0) is 31.0 Å². The summed E-state index contributed by atoms with van der Waals surface area (Å²) in [4.78, 5) is 25.7. The van der Waals surface area contributed by atoms with Crippen LogP contribution in [-0.2, 0) is 0 Å². The predicted octanol–water partition coefficient (Wildman–Crippen LogP) is 2.56. The fourth-order valence-electron chi connectivity index (χ4n) is 2.63. The van der Waals surface area contributed by atoms with Crippen LogP contribution >= 0.6 is 0 Å². The third-order valence-electron chi connectivity index (χ3n) is 3.80. The molecule has 0 radical (unpaired) electrons. The van der Waals surface area contributed by atoms with Crippen LogP contribution in [0.3, 0.4) is 0 Å². The molecule has 1 aromatic carbocycles. The highest BCUT2D eigenvalue weighted by molar-refractivity contribution is 5.92. The molecular weight excluding hydrogens is 282 g/mol. The standard InChI is InChI=1S/C16H15N3O3/c17-9-11-2-1-6-19(10-11)16(21)18-12-3-4-15-13(8-12)14(20)5-7-22-15/h3-5,7-8,11H,1-2,6,10H2,(H,18,21)/t11-/m0/s1. The Balaban J connectivity index is 1.78. The van der Waals surface area contributed by atoms with E-state index in [1.807, 2.05) is 0 Å². The van der Waals surface area contributed by atoms with Crippen LogP contribution in [0.1, 0.15) is 12.8 Å². The molecule has 1 saturated heterocycles. The zero-order valence-electron chi connectivity index (χ0n) is 11.9. The first-order valence-electron chi connectivity index (χ1n) is 7.14. The van der Waals surface area contributed by atoms with E-state index < -0.39 is 0 Å². The second kappa shape index (κ2) is 5.90. The minimum absolute atomic E-state index is 0.108. The number of nitriles is 1. The fourth-order valence-corrected chi connectivity index (χ4v) is 2.63. The Morgan fingerprint density at radius 3 is 3.09 bits per heavy atom. The molecule has 6 nitrogen and oxygen atoms in total. The van der Waals surface area contributed by atoms with Gasteiger partial charge in [0.2, 0.25) is 0 Å².